The van der Waals surface area contributed by atoms with Crippen molar-refractivity contribution in [2.24, 2.45) is 0 Å². The van der Waals surface area contributed by atoms with Crippen LogP contribution in [-0.2, 0) is 14.3 Å². The lowest BCUT2D eigenvalue weighted by atomic mass is 10.1. The number of unbranched alkanes of at least 4 members (excludes halogenated alkanes) is 2. The van der Waals surface area contributed by atoms with Crippen LogP contribution in [0.15, 0.2) is 24.3 Å². The first-order chi connectivity index (χ1) is 12.0. The molecule has 0 spiro atoms. The van der Waals surface area contributed by atoms with Gasteiger partial charge in [-0.25, -0.2) is 0 Å². The highest BCUT2D eigenvalue weighted by Crippen LogP contribution is 2.22. The van der Waals surface area contributed by atoms with Crippen molar-refractivity contribution in [1.82, 2.24) is 10.2 Å². The van der Waals surface area contributed by atoms with Gasteiger partial charge in [0.15, 0.2) is 0 Å². The Morgan fingerprint density at radius 3 is 2.24 bits per heavy atom. The van der Waals surface area contributed by atoms with E-state index >= 15 is 0 Å². The first-order valence-electron chi connectivity index (χ1n) is 8.33. The Morgan fingerprint density at radius 2 is 1.64 bits per heavy atom. The molecule has 1 aromatic carbocycles. The van der Waals surface area contributed by atoms with Crippen LogP contribution in [0.2, 0.25) is 0 Å². The van der Waals surface area contributed by atoms with Gasteiger partial charge in [-0.15, -0.1) is 0 Å². The third-order valence-electron chi connectivity index (χ3n) is 4.05. The maximum absolute atomic E-state index is 12.2. The number of imide groups is 1. The van der Waals surface area contributed by atoms with Crippen molar-refractivity contribution in [3.05, 3.63) is 35.4 Å². The molecule has 1 aromatic rings. The van der Waals surface area contributed by atoms with Crippen LogP contribution in [0.25, 0.3) is 0 Å². The molecule has 3 amide bonds. The van der Waals surface area contributed by atoms with E-state index in [1.54, 1.807) is 24.3 Å². The highest BCUT2D eigenvalue weighted by Gasteiger charge is 2.34. The van der Waals surface area contributed by atoms with Gasteiger partial charge < -0.3 is 10.1 Å². The number of amides is 3. The summed E-state index contributed by atoms with van der Waals surface area (Å²) < 4.78 is 4.55. The molecule has 0 aliphatic carbocycles. The van der Waals surface area contributed by atoms with Crippen molar-refractivity contribution >= 4 is 23.7 Å². The lowest BCUT2D eigenvalue weighted by Gasteiger charge is -2.13. The Labute approximate surface area is 146 Å². The van der Waals surface area contributed by atoms with Gasteiger partial charge in [-0.05, 0) is 25.0 Å². The van der Waals surface area contributed by atoms with E-state index in [-0.39, 0.29) is 36.7 Å². The van der Waals surface area contributed by atoms with Gasteiger partial charge in [0.25, 0.3) is 11.8 Å². The summed E-state index contributed by atoms with van der Waals surface area (Å²) >= 11 is 0. The van der Waals surface area contributed by atoms with Crippen LogP contribution in [0.3, 0.4) is 0 Å². The van der Waals surface area contributed by atoms with Crippen molar-refractivity contribution in [2.45, 2.75) is 32.1 Å². The van der Waals surface area contributed by atoms with Gasteiger partial charge in [0, 0.05) is 25.9 Å². The fourth-order valence-electron chi connectivity index (χ4n) is 2.64. The Hall–Kier alpha value is -2.70. The summed E-state index contributed by atoms with van der Waals surface area (Å²) in [5.41, 5.74) is 0.775. The zero-order valence-corrected chi connectivity index (χ0v) is 14.2. The second kappa shape index (κ2) is 8.96. The zero-order valence-electron chi connectivity index (χ0n) is 14.2. The van der Waals surface area contributed by atoms with Crippen molar-refractivity contribution in [1.29, 1.82) is 0 Å². The minimum atomic E-state index is -0.351. The predicted octanol–water partition coefficient (Wildman–Crippen LogP) is 1.52. The molecule has 0 saturated heterocycles. The molecule has 1 N–H and O–H groups in total. The van der Waals surface area contributed by atoms with Crippen molar-refractivity contribution in [2.75, 3.05) is 20.2 Å². The monoisotopic (exact) mass is 346 g/mol. The average molecular weight is 346 g/mol. The molecule has 1 aliphatic rings. The number of ether oxygens (including phenoxy) is 1. The standard InChI is InChI=1S/C18H22N2O5/c1-25-16(22)9-3-2-6-11-19-15(21)10-12-20-17(23)13-7-4-5-8-14(13)18(20)24/h4-5,7-8H,2-3,6,9-12H2,1H3,(H,19,21). The second-order valence-corrected chi connectivity index (χ2v) is 5.79. The highest BCUT2D eigenvalue weighted by molar-refractivity contribution is 6.21. The molecule has 25 heavy (non-hydrogen) atoms. The largest absolute Gasteiger partial charge is 0.469 e. The van der Waals surface area contributed by atoms with Gasteiger partial charge in [-0.3, -0.25) is 24.1 Å². The topological polar surface area (TPSA) is 92.8 Å². The molecule has 7 nitrogen and oxygen atoms in total. The van der Waals surface area contributed by atoms with E-state index in [2.05, 4.69) is 10.1 Å². The van der Waals surface area contributed by atoms with E-state index in [1.165, 1.54) is 7.11 Å². The van der Waals surface area contributed by atoms with Gasteiger partial charge in [0.2, 0.25) is 5.91 Å². The third-order valence-corrected chi connectivity index (χ3v) is 4.05. The van der Waals surface area contributed by atoms with Crippen LogP contribution in [0.4, 0.5) is 0 Å². The minimum Gasteiger partial charge on any atom is -0.469 e. The Morgan fingerprint density at radius 1 is 1.00 bits per heavy atom. The molecule has 1 aliphatic heterocycles. The SMILES string of the molecule is COC(=O)CCCCCNC(=O)CCN1C(=O)c2ccccc2C1=O. The van der Waals surface area contributed by atoms with Crippen LogP contribution in [-0.4, -0.2) is 48.8 Å². The molecular weight excluding hydrogens is 324 g/mol. The summed E-state index contributed by atoms with van der Waals surface area (Å²) in [6.07, 6.45) is 2.75. The van der Waals surface area contributed by atoms with Crippen molar-refractivity contribution < 1.29 is 23.9 Å². The maximum atomic E-state index is 12.2. The Balaban J connectivity index is 1.65. The smallest absolute Gasteiger partial charge is 0.305 e. The van der Waals surface area contributed by atoms with Gasteiger partial charge >= 0.3 is 5.97 Å². The number of nitrogens with one attached hydrogen (secondary N) is 1. The number of hydrogen-bond acceptors (Lipinski definition) is 5. The van der Waals surface area contributed by atoms with Crippen LogP contribution in [0.1, 0.15) is 52.8 Å². The fraction of sp³-hybridized carbons (Fsp3) is 0.444. The van der Waals surface area contributed by atoms with Crippen molar-refractivity contribution in [3.8, 4) is 0 Å². The first kappa shape index (κ1) is 18.6. The predicted molar refractivity (Wildman–Crippen MR) is 89.9 cm³/mol. The molecule has 0 saturated carbocycles. The number of nitrogens with zero attached hydrogens (tertiary/aromatic N) is 1. The van der Waals surface area contributed by atoms with Crippen LogP contribution in [0.5, 0.6) is 0 Å². The quantitative estimate of drug-likeness (QED) is 0.416. The van der Waals surface area contributed by atoms with Gasteiger partial charge in [0.05, 0.1) is 18.2 Å². The molecule has 0 radical (unpaired) electrons. The minimum absolute atomic E-state index is 0.0700. The van der Waals surface area contributed by atoms with Crippen LogP contribution in [0, 0.1) is 0 Å². The number of benzene rings is 1. The summed E-state index contributed by atoms with van der Waals surface area (Å²) in [5, 5.41) is 2.76. The van der Waals surface area contributed by atoms with Crippen LogP contribution < -0.4 is 5.32 Å². The fourth-order valence-corrected chi connectivity index (χ4v) is 2.64. The number of esters is 1. The van der Waals surface area contributed by atoms with E-state index < -0.39 is 0 Å². The first-order valence-corrected chi connectivity index (χ1v) is 8.33. The highest BCUT2D eigenvalue weighted by atomic mass is 16.5. The van der Waals surface area contributed by atoms with Gasteiger partial charge in [0.1, 0.15) is 0 Å². The molecule has 0 aromatic heterocycles. The molecular formula is C18H22N2O5. The lowest BCUT2D eigenvalue weighted by molar-refractivity contribution is -0.140. The van der Waals surface area contributed by atoms with Crippen molar-refractivity contribution in [3.63, 3.8) is 0 Å². The number of carbonyl (C=O) groups is 4. The normalized spacial score (nSPS) is 12.9. The zero-order chi connectivity index (χ0) is 18.2. The van der Waals surface area contributed by atoms with E-state index in [0.29, 0.717) is 24.1 Å². The number of fused-ring (bicyclic) bond motifs is 1. The summed E-state index contributed by atoms with van der Waals surface area (Å²) in [7, 11) is 1.36. The average Bonchev–Trinajstić information content (AvgIpc) is 2.87. The summed E-state index contributed by atoms with van der Waals surface area (Å²) in [4.78, 5) is 48.2. The van der Waals surface area contributed by atoms with E-state index in [9.17, 15) is 19.2 Å². The molecule has 0 fully saturated rings. The van der Waals surface area contributed by atoms with Gasteiger partial charge in [-0.1, -0.05) is 18.6 Å². The van der Waals surface area contributed by atoms with E-state index in [4.69, 9.17) is 0 Å². The molecule has 0 atom stereocenters. The number of carbonyl (C=O) groups excluding carboxylic acids is 4. The summed E-state index contributed by atoms with van der Waals surface area (Å²) in [6, 6.07) is 6.65. The number of rotatable bonds is 9. The van der Waals surface area contributed by atoms with Gasteiger partial charge in [-0.2, -0.15) is 0 Å². The molecule has 2 rings (SSSR count). The van der Waals surface area contributed by atoms with E-state index in [0.717, 1.165) is 24.2 Å². The third kappa shape index (κ3) is 4.89. The maximum Gasteiger partial charge on any atom is 0.305 e. The molecule has 7 heteroatoms. The second-order valence-electron chi connectivity index (χ2n) is 5.79. The number of methoxy groups -OCH3 is 1. The number of hydrogen-bond donors (Lipinski definition) is 1. The van der Waals surface area contributed by atoms with E-state index in [1.807, 2.05) is 0 Å². The molecule has 0 unspecified atom stereocenters. The Bertz CT molecular complexity index is 636. The Kier molecular flexibility index (Phi) is 6.68. The summed E-state index contributed by atoms with van der Waals surface area (Å²) in [5.74, 6) is -1.14. The molecule has 1 heterocycles. The molecule has 0 bridgehead atoms. The van der Waals surface area contributed by atoms with Crippen LogP contribution >= 0.6 is 0 Å². The lowest BCUT2D eigenvalue weighted by Crippen LogP contribution is -2.34. The molecule has 134 valence electrons. The summed E-state index contributed by atoms with van der Waals surface area (Å²) in [6.45, 7) is 0.572.